The van der Waals surface area contributed by atoms with Gasteiger partial charge in [0, 0.05) is 16.3 Å². The normalized spacial score (nSPS) is 11.5. The van der Waals surface area contributed by atoms with Gasteiger partial charge >= 0.3 is 12.5 Å². The van der Waals surface area contributed by atoms with Crippen LogP contribution in [0, 0.1) is 0 Å². The first-order chi connectivity index (χ1) is 16.3. The molecule has 174 valence electrons. The number of rotatable bonds is 6. The van der Waals surface area contributed by atoms with Crippen LogP contribution < -0.4 is 10.1 Å². The van der Waals surface area contributed by atoms with Gasteiger partial charge in [0.2, 0.25) is 0 Å². The molecular weight excluding hydrogens is 539 g/mol. The molecule has 0 unspecified atom stereocenters. The maximum Gasteiger partial charge on any atom is 0.573 e. The van der Waals surface area contributed by atoms with E-state index in [0.717, 1.165) is 4.47 Å². The maximum atomic E-state index is 12.3. The molecule has 1 amide bonds. The zero-order chi connectivity index (χ0) is 24.1. The minimum atomic E-state index is -4.75. The summed E-state index contributed by atoms with van der Waals surface area (Å²) in [5.41, 5.74) is 2.48. The molecule has 13 heteroatoms. The van der Waals surface area contributed by atoms with Gasteiger partial charge in [0.15, 0.2) is 5.82 Å². The number of oxime groups is 1. The zero-order valence-electron chi connectivity index (χ0n) is 16.9. The third-order valence-corrected chi connectivity index (χ3v) is 5.89. The molecule has 1 N–H and O–H groups in total. The lowest BCUT2D eigenvalue weighted by Gasteiger charge is -2.09. The third kappa shape index (κ3) is 6.20. The zero-order valence-corrected chi connectivity index (χ0v) is 19.3. The molecule has 0 aliphatic rings. The fourth-order valence-corrected chi connectivity index (χ4v) is 4.00. The Labute approximate surface area is 202 Å². The Hall–Kier alpha value is -3.71. The van der Waals surface area contributed by atoms with Crippen molar-refractivity contribution in [2.75, 3.05) is 5.32 Å². The summed E-state index contributed by atoms with van der Waals surface area (Å²) >= 11 is 4.72. The summed E-state index contributed by atoms with van der Waals surface area (Å²) in [5, 5.41) is 14.1. The number of anilines is 1. The fraction of sp³-hybridized carbons (Fsp3) is 0.0476. The van der Waals surface area contributed by atoms with Crippen LogP contribution >= 0.6 is 27.3 Å². The van der Waals surface area contributed by atoms with Gasteiger partial charge in [-0.05, 0) is 45.8 Å². The number of alkyl halides is 3. The van der Waals surface area contributed by atoms with Crippen LogP contribution in [-0.2, 0) is 4.84 Å². The van der Waals surface area contributed by atoms with Crippen LogP contribution in [0.15, 0.2) is 75.2 Å². The quantitative estimate of drug-likeness (QED) is 0.174. The monoisotopic (exact) mass is 551 g/mol. The Morgan fingerprint density at radius 2 is 1.85 bits per heavy atom. The molecule has 0 saturated heterocycles. The lowest BCUT2D eigenvalue weighted by molar-refractivity contribution is -0.274. The molecule has 4 rings (SSSR count). The minimum absolute atomic E-state index is 0.324. The van der Waals surface area contributed by atoms with Gasteiger partial charge in [-0.25, -0.2) is 14.5 Å². The third-order valence-electron chi connectivity index (χ3n) is 4.18. The summed E-state index contributed by atoms with van der Waals surface area (Å²) in [6, 6.07) is 12.2. The Bertz CT molecular complexity index is 1300. The highest BCUT2D eigenvalue weighted by Crippen LogP contribution is 2.26. The first kappa shape index (κ1) is 23.4. The number of nitrogens with zero attached hydrogens (tertiary/aromatic N) is 4. The van der Waals surface area contributed by atoms with Gasteiger partial charge in [-0.3, -0.25) is 10.2 Å². The predicted molar refractivity (Wildman–Crippen MR) is 123 cm³/mol. The Morgan fingerprint density at radius 1 is 1.12 bits per heavy atom. The molecule has 0 aliphatic heterocycles. The number of halogens is 4. The molecule has 0 bridgehead atoms. The largest absolute Gasteiger partial charge is 0.573 e. The number of ether oxygens (including phenoxy) is 1. The van der Waals surface area contributed by atoms with Crippen LogP contribution in [0.5, 0.6) is 5.75 Å². The molecule has 0 atom stereocenters. The molecule has 2 aromatic carbocycles. The summed E-state index contributed by atoms with van der Waals surface area (Å²) in [6.45, 7) is 0. The van der Waals surface area contributed by atoms with E-state index >= 15 is 0 Å². The second-order valence-corrected chi connectivity index (χ2v) is 8.15. The predicted octanol–water partition coefficient (Wildman–Crippen LogP) is 6.24. The van der Waals surface area contributed by atoms with Gasteiger partial charge in [0.1, 0.15) is 12.1 Å². The average Bonchev–Trinajstić information content (AvgIpc) is 3.43. The number of nitrogens with one attached hydrogen (secondary N) is 1. The van der Waals surface area contributed by atoms with E-state index in [4.69, 9.17) is 4.84 Å². The molecule has 8 nitrogen and oxygen atoms in total. The van der Waals surface area contributed by atoms with Crippen molar-refractivity contribution in [1.82, 2.24) is 14.8 Å². The van der Waals surface area contributed by atoms with Crippen molar-refractivity contribution in [2.45, 2.75) is 6.36 Å². The summed E-state index contributed by atoms with van der Waals surface area (Å²) in [6.07, 6.45) is -2.65. The van der Waals surface area contributed by atoms with E-state index in [0.29, 0.717) is 28.3 Å². The van der Waals surface area contributed by atoms with E-state index in [9.17, 15) is 18.0 Å². The lowest BCUT2D eigenvalue weighted by Crippen LogP contribution is -2.17. The number of hydrogen-bond donors (Lipinski definition) is 1. The van der Waals surface area contributed by atoms with Crippen molar-refractivity contribution in [1.29, 1.82) is 0 Å². The Kier molecular flexibility index (Phi) is 6.93. The molecular formula is C21H13BrF3N5O3S. The summed E-state index contributed by atoms with van der Waals surface area (Å²) in [5.74, 6) is 0.0886. The number of thiophene rings is 1. The number of carbonyl (C=O) groups is 1. The van der Waals surface area contributed by atoms with Gasteiger partial charge in [-0.1, -0.05) is 29.4 Å². The molecule has 0 spiro atoms. The number of aromatic nitrogens is 3. The van der Waals surface area contributed by atoms with E-state index in [1.165, 1.54) is 52.8 Å². The van der Waals surface area contributed by atoms with Crippen molar-refractivity contribution in [3.63, 3.8) is 0 Å². The average molecular weight is 552 g/mol. The highest BCUT2D eigenvalue weighted by molar-refractivity contribution is 9.10. The van der Waals surface area contributed by atoms with E-state index in [1.54, 1.807) is 29.6 Å². The molecule has 2 aromatic heterocycles. The van der Waals surface area contributed by atoms with Crippen LogP contribution in [0.2, 0.25) is 0 Å². The van der Waals surface area contributed by atoms with Crippen LogP contribution in [0.1, 0.15) is 5.56 Å². The molecule has 0 radical (unpaired) electrons. The van der Waals surface area contributed by atoms with Crippen LogP contribution in [0.4, 0.5) is 23.7 Å². The molecule has 0 fully saturated rings. The Morgan fingerprint density at radius 3 is 2.50 bits per heavy atom. The Balaban J connectivity index is 1.35. The first-order valence-electron chi connectivity index (χ1n) is 9.38. The number of amides is 1. The number of benzene rings is 2. The lowest BCUT2D eigenvalue weighted by atomic mass is 10.1. The summed E-state index contributed by atoms with van der Waals surface area (Å²) < 4.78 is 42.9. The SMILES string of the molecule is O=C(Nc1cscc1Br)O/N=C/c1ccc(-c2ncn(-c3ccc(OC(F)(F)F)cc3)n2)cc1. The summed E-state index contributed by atoms with van der Waals surface area (Å²) in [4.78, 5) is 20.8. The standard InChI is InChI=1S/C21H13BrF3N5O3S/c22-17-10-34-11-18(17)28-20(31)33-27-9-13-1-3-14(4-2-13)19-26-12-30(29-19)15-5-7-16(8-6-15)32-21(23,24)25/h1-12H,(H,28,31)/b27-9+. The highest BCUT2D eigenvalue weighted by Gasteiger charge is 2.31. The van der Waals surface area contributed by atoms with Crippen molar-refractivity contribution in [2.24, 2.45) is 5.16 Å². The van der Waals surface area contributed by atoms with Gasteiger partial charge in [-0.2, -0.15) is 0 Å². The van der Waals surface area contributed by atoms with E-state index in [1.807, 2.05) is 5.38 Å². The van der Waals surface area contributed by atoms with Crippen LogP contribution in [-0.4, -0.2) is 33.4 Å². The van der Waals surface area contributed by atoms with E-state index in [-0.39, 0.29) is 5.75 Å². The fourth-order valence-electron chi connectivity index (χ4n) is 2.68. The number of hydrogen-bond acceptors (Lipinski definition) is 7. The van der Waals surface area contributed by atoms with Gasteiger partial charge in [-0.15, -0.1) is 29.6 Å². The topological polar surface area (TPSA) is 90.6 Å². The minimum Gasteiger partial charge on any atom is -0.406 e. The van der Waals surface area contributed by atoms with E-state index in [2.05, 4.69) is 41.2 Å². The van der Waals surface area contributed by atoms with Gasteiger partial charge in [0.05, 0.1) is 22.1 Å². The molecule has 2 heterocycles. The van der Waals surface area contributed by atoms with Crippen molar-refractivity contribution in [3.05, 3.63) is 75.7 Å². The second kappa shape index (κ2) is 10.1. The smallest absolute Gasteiger partial charge is 0.406 e. The first-order valence-corrected chi connectivity index (χ1v) is 11.1. The van der Waals surface area contributed by atoms with Crippen molar-refractivity contribution < 1.29 is 27.5 Å². The maximum absolute atomic E-state index is 12.3. The van der Waals surface area contributed by atoms with Crippen LogP contribution in [0.25, 0.3) is 17.1 Å². The molecule has 0 aliphatic carbocycles. The van der Waals surface area contributed by atoms with Gasteiger partial charge in [0.25, 0.3) is 0 Å². The van der Waals surface area contributed by atoms with Crippen molar-refractivity contribution in [3.8, 4) is 22.8 Å². The number of carbonyl (C=O) groups excluding carboxylic acids is 1. The second-order valence-electron chi connectivity index (χ2n) is 6.55. The van der Waals surface area contributed by atoms with Gasteiger partial charge < -0.3 is 4.74 Å². The molecule has 4 aromatic rings. The molecule has 34 heavy (non-hydrogen) atoms. The van der Waals surface area contributed by atoms with Crippen LogP contribution in [0.3, 0.4) is 0 Å². The van der Waals surface area contributed by atoms with Crippen molar-refractivity contribution >= 4 is 45.3 Å². The van der Waals surface area contributed by atoms with E-state index < -0.39 is 12.5 Å². The molecule has 0 saturated carbocycles. The summed E-state index contributed by atoms with van der Waals surface area (Å²) in [7, 11) is 0. The highest BCUT2D eigenvalue weighted by atomic mass is 79.9.